The van der Waals surface area contributed by atoms with Crippen molar-refractivity contribution in [3.63, 3.8) is 0 Å². The van der Waals surface area contributed by atoms with E-state index in [-0.39, 0.29) is 0 Å². The number of rotatable bonds is 0. The van der Waals surface area contributed by atoms with Crippen LogP contribution in [0.5, 0.6) is 0 Å². The van der Waals surface area contributed by atoms with Crippen molar-refractivity contribution in [2.75, 3.05) is 0 Å². The first kappa shape index (κ1) is 10.2. The molecular formula is C5H8BF4N. The van der Waals surface area contributed by atoms with Crippen molar-refractivity contribution in [3.05, 3.63) is 24.0 Å². The molecule has 0 amide bonds. The van der Waals surface area contributed by atoms with Crippen molar-refractivity contribution >= 4 is 7.25 Å². The topological polar surface area (TPSA) is 16.6 Å². The maximum Gasteiger partial charge on any atom is 0.673 e. The Morgan fingerprint density at radius 3 is 1.82 bits per heavy atom. The van der Waals surface area contributed by atoms with Gasteiger partial charge in [0.05, 0.1) is 6.20 Å². The molecule has 1 rings (SSSR count). The Hall–Kier alpha value is -0.775. The van der Waals surface area contributed by atoms with Crippen molar-refractivity contribution < 1.29 is 22.6 Å². The van der Waals surface area contributed by atoms with Crippen LogP contribution in [0.2, 0.25) is 0 Å². The van der Waals surface area contributed by atoms with Crippen LogP contribution in [0.15, 0.2) is 24.0 Å². The lowest BCUT2D eigenvalue weighted by molar-refractivity contribution is -0.530. The van der Waals surface area contributed by atoms with Gasteiger partial charge in [0.15, 0.2) is 0 Å². The molecule has 0 radical (unpaired) electrons. The van der Waals surface area contributed by atoms with Crippen LogP contribution in [-0.4, -0.2) is 7.25 Å². The molecule has 0 aromatic carbocycles. The average molecular weight is 169 g/mol. The second-order valence-electron chi connectivity index (χ2n) is 1.96. The third-order valence-electron chi connectivity index (χ3n) is 0.829. The highest BCUT2D eigenvalue weighted by molar-refractivity contribution is 6.50. The maximum atomic E-state index is 9.75. The van der Waals surface area contributed by atoms with Gasteiger partial charge in [0.2, 0.25) is 0 Å². The Morgan fingerprint density at radius 1 is 1.27 bits per heavy atom. The van der Waals surface area contributed by atoms with E-state index in [0.29, 0.717) is 0 Å². The SMILES string of the molecule is CC1=CC=C[NH2+]1.F[B-](F)(F)F. The number of nitrogens with two attached hydrogens (primary N) is 1. The summed E-state index contributed by atoms with van der Waals surface area (Å²) in [6.07, 6.45) is 6.16. The number of hydrogen-bond donors (Lipinski definition) is 1. The van der Waals surface area contributed by atoms with Gasteiger partial charge in [-0.2, -0.15) is 0 Å². The van der Waals surface area contributed by atoms with Gasteiger partial charge in [-0.05, 0) is 12.2 Å². The van der Waals surface area contributed by atoms with Crippen molar-refractivity contribution in [1.29, 1.82) is 0 Å². The first-order valence-corrected chi connectivity index (χ1v) is 2.95. The van der Waals surface area contributed by atoms with Crippen molar-refractivity contribution in [2.45, 2.75) is 6.92 Å². The molecule has 0 saturated carbocycles. The summed E-state index contributed by atoms with van der Waals surface area (Å²) in [7, 11) is -6.00. The van der Waals surface area contributed by atoms with Gasteiger partial charge < -0.3 is 17.3 Å². The standard InChI is InChI=1S/C5H7N.BF4/c1-5-3-2-4-6-5;2-1(3,4)5/h2-4,6H,1H3;/q;-1/p+1. The molecule has 0 saturated heterocycles. The van der Waals surface area contributed by atoms with Crippen LogP contribution >= 0.6 is 0 Å². The second kappa shape index (κ2) is 4.18. The first-order chi connectivity index (χ1) is 4.89. The normalized spacial score (nSPS) is 15.5. The molecule has 1 aliphatic rings. The van der Waals surface area contributed by atoms with Crippen molar-refractivity contribution in [2.24, 2.45) is 0 Å². The highest BCUT2D eigenvalue weighted by Gasteiger charge is 2.20. The molecule has 0 bridgehead atoms. The molecule has 6 heteroatoms. The molecule has 0 fully saturated rings. The quantitative estimate of drug-likeness (QED) is 0.415. The Kier molecular flexibility index (Phi) is 3.88. The summed E-state index contributed by atoms with van der Waals surface area (Å²) >= 11 is 0. The van der Waals surface area contributed by atoms with Gasteiger partial charge in [0, 0.05) is 6.92 Å². The summed E-state index contributed by atoms with van der Waals surface area (Å²) in [5.41, 5.74) is 1.34. The number of halogens is 4. The van der Waals surface area contributed by atoms with E-state index in [9.17, 15) is 17.3 Å². The minimum Gasteiger partial charge on any atom is -0.418 e. The zero-order chi connectivity index (χ0) is 8.91. The van der Waals surface area contributed by atoms with E-state index in [4.69, 9.17) is 0 Å². The number of quaternary nitrogens is 1. The molecule has 0 aliphatic carbocycles. The molecular weight excluding hydrogens is 161 g/mol. The average Bonchev–Trinajstić information content (AvgIpc) is 2.12. The van der Waals surface area contributed by atoms with Crippen LogP contribution < -0.4 is 5.32 Å². The predicted octanol–water partition coefficient (Wildman–Crippen LogP) is 1.28. The number of hydrogen-bond acceptors (Lipinski definition) is 0. The molecule has 2 N–H and O–H groups in total. The summed E-state index contributed by atoms with van der Waals surface area (Å²) < 4.78 is 39.0. The second-order valence-corrected chi connectivity index (χ2v) is 1.96. The summed E-state index contributed by atoms with van der Waals surface area (Å²) in [5.74, 6) is 0. The van der Waals surface area contributed by atoms with Crippen LogP contribution in [0, 0.1) is 0 Å². The molecule has 11 heavy (non-hydrogen) atoms. The minimum atomic E-state index is -6.00. The van der Waals surface area contributed by atoms with Crippen LogP contribution in [-0.2, 0) is 0 Å². The van der Waals surface area contributed by atoms with Gasteiger partial charge in [-0.15, -0.1) is 0 Å². The lowest BCUT2D eigenvalue weighted by atomic mass is 10.3. The minimum absolute atomic E-state index is 1.34. The molecule has 1 nitrogen and oxygen atoms in total. The van der Waals surface area contributed by atoms with Gasteiger partial charge in [-0.25, -0.2) is 0 Å². The lowest BCUT2D eigenvalue weighted by Gasteiger charge is -1.94. The lowest BCUT2D eigenvalue weighted by Crippen LogP contribution is -2.73. The summed E-state index contributed by atoms with van der Waals surface area (Å²) in [4.78, 5) is 0. The smallest absolute Gasteiger partial charge is 0.418 e. The summed E-state index contributed by atoms with van der Waals surface area (Å²) in [6.45, 7) is 2.08. The van der Waals surface area contributed by atoms with Gasteiger partial charge in [-0.3, -0.25) is 5.32 Å². The van der Waals surface area contributed by atoms with Gasteiger partial charge >= 0.3 is 7.25 Å². The predicted molar refractivity (Wildman–Crippen MR) is 35.0 cm³/mol. The molecule has 0 aromatic rings. The highest BCUT2D eigenvalue weighted by atomic mass is 19.5. The zero-order valence-corrected chi connectivity index (χ0v) is 5.90. The molecule has 1 aliphatic heterocycles. The Morgan fingerprint density at radius 2 is 1.73 bits per heavy atom. The van der Waals surface area contributed by atoms with Crippen LogP contribution in [0.3, 0.4) is 0 Å². The molecule has 1 heterocycles. The summed E-state index contributed by atoms with van der Waals surface area (Å²) in [5, 5.41) is 2.08. The van der Waals surface area contributed by atoms with Gasteiger partial charge in [0.1, 0.15) is 5.70 Å². The number of allylic oxidation sites excluding steroid dienone is 3. The van der Waals surface area contributed by atoms with E-state index in [0.717, 1.165) is 0 Å². The van der Waals surface area contributed by atoms with Crippen LogP contribution in [0.4, 0.5) is 17.3 Å². The maximum absolute atomic E-state index is 9.75. The van der Waals surface area contributed by atoms with E-state index in [1.807, 2.05) is 12.3 Å². The van der Waals surface area contributed by atoms with E-state index in [2.05, 4.69) is 18.3 Å². The largest absolute Gasteiger partial charge is 0.673 e. The Balaban J connectivity index is 0.000000187. The Labute approximate surface area is 61.9 Å². The summed E-state index contributed by atoms with van der Waals surface area (Å²) in [6, 6.07) is 0. The third kappa shape index (κ3) is 12.4. The molecule has 0 aromatic heterocycles. The van der Waals surface area contributed by atoms with E-state index < -0.39 is 7.25 Å². The fourth-order valence-electron chi connectivity index (χ4n) is 0.470. The van der Waals surface area contributed by atoms with E-state index in [1.54, 1.807) is 0 Å². The van der Waals surface area contributed by atoms with E-state index in [1.165, 1.54) is 5.70 Å². The van der Waals surface area contributed by atoms with Crippen LogP contribution in [0.1, 0.15) is 6.92 Å². The third-order valence-corrected chi connectivity index (χ3v) is 0.829. The zero-order valence-electron chi connectivity index (χ0n) is 5.90. The van der Waals surface area contributed by atoms with Gasteiger partial charge in [-0.1, -0.05) is 0 Å². The van der Waals surface area contributed by atoms with Crippen LogP contribution in [0.25, 0.3) is 0 Å². The molecule has 64 valence electrons. The first-order valence-electron chi connectivity index (χ1n) is 2.95. The monoisotopic (exact) mass is 169 g/mol. The fraction of sp³-hybridized carbons (Fsp3) is 0.200. The van der Waals surface area contributed by atoms with Gasteiger partial charge in [0.25, 0.3) is 0 Å². The van der Waals surface area contributed by atoms with Crippen molar-refractivity contribution in [3.8, 4) is 0 Å². The highest BCUT2D eigenvalue weighted by Crippen LogP contribution is 2.06. The van der Waals surface area contributed by atoms with E-state index >= 15 is 0 Å². The molecule has 0 unspecified atom stereocenters. The Bertz CT molecular complexity index is 166. The fourth-order valence-corrected chi connectivity index (χ4v) is 0.470. The van der Waals surface area contributed by atoms with Crippen molar-refractivity contribution in [1.82, 2.24) is 0 Å². The molecule has 0 atom stereocenters. The molecule has 0 spiro atoms.